The van der Waals surface area contributed by atoms with Crippen LogP contribution in [0.5, 0.6) is 11.5 Å². The number of rotatable bonds is 3. The SMILES string of the molecule is COc1ccc(C=C2C(=O)NC(=S)N(c3ccc(F)cc3)C2=O)cc1O. The highest BCUT2D eigenvalue weighted by atomic mass is 32.1. The van der Waals surface area contributed by atoms with E-state index in [1.54, 1.807) is 6.07 Å². The lowest BCUT2D eigenvalue weighted by atomic mass is 10.1. The largest absolute Gasteiger partial charge is 0.504 e. The Balaban J connectivity index is 1.99. The number of amides is 2. The number of halogens is 1. The number of phenols is 1. The number of phenolic OH excluding ortho intramolecular Hbond substituents is 1. The van der Waals surface area contributed by atoms with E-state index >= 15 is 0 Å². The average molecular weight is 372 g/mol. The molecule has 2 aromatic carbocycles. The molecule has 6 nitrogen and oxygen atoms in total. The molecule has 2 N–H and O–H groups in total. The Bertz CT molecular complexity index is 941. The van der Waals surface area contributed by atoms with Crippen molar-refractivity contribution in [3.05, 3.63) is 59.4 Å². The number of benzene rings is 2. The molecule has 3 rings (SSSR count). The van der Waals surface area contributed by atoms with Gasteiger partial charge >= 0.3 is 0 Å². The second-order valence-corrected chi connectivity index (χ2v) is 5.75. The normalized spacial score (nSPS) is 16.0. The summed E-state index contributed by atoms with van der Waals surface area (Å²) in [6.07, 6.45) is 1.33. The first kappa shape index (κ1) is 17.6. The minimum atomic E-state index is -0.659. The number of ether oxygens (including phenoxy) is 1. The molecule has 0 saturated carbocycles. The van der Waals surface area contributed by atoms with Crippen LogP contribution in [0.4, 0.5) is 10.1 Å². The lowest BCUT2D eigenvalue weighted by Gasteiger charge is -2.28. The van der Waals surface area contributed by atoms with Gasteiger partial charge in [-0.1, -0.05) is 6.07 Å². The molecule has 1 saturated heterocycles. The van der Waals surface area contributed by atoms with Crippen LogP contribution >= 0.6 is 12.2 Å². The maximum absolute atomic E-state index is 13.1. The van der Waals surface area contributed by atoms with Crippen molar-refractivity contribution >= 4 is 40.9 Å². The predicted molar refractivity (Wildman–Crippen MR) is 97.3 cm³/mol. The fourth-order valence-electron chi connectivity index (χ4n) is 2.45. The number of aromatic hydroxyl groups is 1. The second-order valence-electron chi connectivity index (χ2n) is 5.37. The zero-order valence-corrected chi connectivity index (χ0v) is 14.3. The molecule has 1 aliphatic rings. The Morgan fingerprint density at radius 2 is 1.88 bits per heavy atom. The molecule has 2 aromatic rings. The van der Waals surface area contributed by atoms with Crippen LogP contribution in [0.1, 0.15) is 5.56 Å². The summed E-state index contributed by atoms with van der Waals surface area (Å²) in [4.78, 5) is 26.1. The Morgan fingerprint density at radius 3 is 2.50 bits per heavy atom. The van der Waals surface area contributed by atoms with Gasteiger partial charge in [0.1, 0.15) is 11.4 Å². The van der Waals surface area contributed by atoms with Crippen molar-refractivity contribution in [2.75, 3.05) is 12.0 Å². The highest BCUT2D eigenvalue weighted by Crippen LogP contribution is 2.28. The maximum Gasteiger partial charge on any atom is 0.270 e. The van der Waals surface area contributed by atoms with Crippen LogP contribution in [0.25, 0.3) is 6.08 Å². The zero-order chi connectivity index (χ0) is 18.8. The Hall–Kier alpha value is -3.26. The van der Waals surface area contributed by atoms with E-state index in [0.717, 1.165) is 4.90 Å². The van der Waals surface area contributed by atoms with Crippen molar-refractivity contribution in [1.29, 1.82) is 0 Å². The van der Waals surface area contributed by atoms with Crippen molar-refractivity contribution in [2.45, 2.75) is 0 Å². The quantitative estimate of drug-likeness (QED) is 0.491. The van der Waals surface area contributed by atoms with Gasteiger partial charge < -0.3 is 9.84 Å². The summed E-state index contributed by atoms with van der Waals surface area (Å²) in [5, 5.41) is 12.2. The highest BCUT2D eigenvalue weighted by Gasteiger charge is 2.34. The fourth-order valence-corrected chi connectivity index (χ4v) is 2.73. The van der Waals surface area contributed by atoms with Crippen LogP contribution < -0.4 is 15.0 Å². The molecular weight excluding hydrogens is 359 g/mol. The van der Waals surface area contributed by atoms with Crippen LogP contribution in [0, 0.1) is 5.82 Å². The van der Waals surface area contributed by atoms with Crippen LogP contribution in [0.15, 0.2) is 48.0 Å². The number of carbonyl (C=O) groups is 2. The molecule has 0 aromatic heterocycles. The Kier molecular flexibility index (Phi) is 4.68. The van der Waals surface area contributed by atoms with E-state index in [1.165, 1.54) is 49.6 Å². The molecule has 1 fully saturated rings. The van der Waals surface area contributed by atoms with Crippen molar-refractivity contribution in [3.8, 4) is 11.5 Å². The van der Waals surface area contributed by atoms with Gasteiger partial charge in [0.25, 0.3) is 11.8 Å². The number of nitrogens with one attached hydrogen (secondary N) is 1. The summed E-state index contributed by atoms with van der Waals surface area (Å²) < 4.78 is 18.1. The third-order valence-electron chi connectivity index (χ3n) is 3.70. The van der Waals surface area contributed by atoms with Gasteiger partial charge in [-0.15, -0.1) is 0 Å². The van der Waals surface area contributed by atoms with Gasteiger partial charge in [-0.25, -0.2) is 4.39 Å². The van der Waals surface area contributed by atoms with Gasteiger partial charge in [0.2, 0.25) is 0 Å². The smallest absolute Gasteiger partial charge is 0.270 e. The van der Waals surface area contributed by atoms with E-state index in [1.807, 2.05) is 0 Å². The van der Waals surface area contributed by atoms with E-state index in [2.05, 4.69) is 5.32 Å². The molecule has 2 amide bonds. The van der Waals surface area contributed by atoms with E-state index in [4.69, 9.17) is 17.0 Å². The van der Waals surface area contributed by atoms with Gasteiger partial charge in [-0.2, -0.15) is 0 Å². The number of methoxy groups -OCH3 is 1. The Morgan fingerprint density at radius 1 is 1.19 bits per heavy atom. The summed E-state index contributed by atoms with van der Waals surface area (Å²) in [6.45, 7) is 0. The van der Waals surface area contributed by atoms with Gasteiger partial charge in [-0.05, 0) is 60.3 Å². The highest BCUT2D eigenvalue weighted by molar-refractivity contribution is 7.80. The van der Waals surface area contributed by atoms with Crippen LogP contribution in [-0.2, 0) is 9.59 Å². The molecule has 1 heterocycles. The van der Waals surface area contributed by atoms with Crippen LogP contribution in [0.3, 0.4) is 0 Å². The number of anilines is 1. The monoisotopic (exact) mass is 372 g/mol. The molecule has 0 radical (unpaired) electrons. The van der Waals surface area contributed by atoms with E-state index < -0.39 is 17.6 Å². The first-order valence-corrected chi connectivity index (χ1v) is 7.85. The molecule has 132 valence electrons. The molecule has 0 unspecified atom stereocenters. The van der Waals surface area contributed by atoms with Crippen LogP contribution in [-0.4, -0.2) is 29.1 Å². The third-order valence-corrected chi connectivity index (χ3v) is 3.99. The van der Waals surface area contributed by atoms with Gasteiger partial charge in [0.05, 0.1) is 12.8 Å². The molecule has 1 aliphatic heterocycles. The topological polar surface area (TPSA) is 78.9 Å². The number of nitrogens with zero attached hydrogens (tertiary/aromatic N) is 1. The van der Waals surface area contributed by atoms with Crippen LogP contribution in [0.2, 0.25) is 0 Å². The first-order valence-electron chi connectivity index (χ1n) is 7.44. The minimum Gasteiger partial charge on any atom is -0.504 e. The van der Waals surface area contributed by atoms with Crippen molar-refractivity contribution < 1.29 is 23.8 Å². The molecular formula is C18H13FN2O4S. The summed E-state index contributed by atoms with van der Waals surface area (Å²) >= 11 is 5.06. The third kappa shape index (κ3) is 3.27. The lowest BCUT2D eigenvalue weighted by molar-refractivity contribution is -0.122. The predicted octanol–water partition coefficient (Wildman–Crippen LogP) is 2.37. The van der Waals surface area contributed by atoms with Crippen molar-refractivity contribution in [2.24, 2.45) is 0 Å². The van der Waals surface area contributed by atoms with Gasteiger partial charge in [0.15, 0.2) is 16.6 Å². The molecule has 8 heteroatoms. The fraction of sp³-hybridized carbons (Fsp3) is 0.0556. The average Bonchev–Trinajstić information content (AvgIpc) is 2.60. The van der Waals surface area contributed by atoms with Gasteiger partial charge in [-0.3, -0.25) is 19.8 Å². The number of hydrogen-bond donors (Lipinski definition) is 2. The molecule has 0 aliphatic carbocycles. The van der Waals surface area contributed by atoms with Gasteiger partial charge in [0, 0.05) is 0 Å². The van der Waals surface area contributed by atoms with Crippen molar-refractivity contribution in [3.63, 3.8) is 0 Å². The standard InChI is InChI=1S/C18H13FN2O4S/c1-25-15-7-2-10(9-14(15)22)8-13-16(23)20-18(26)21(17(13)24)12-5-3-11(19)4-6-12/h2-9,22H,1H3,(H,20,23,26). The number of thiocarbonyl (C=S) groups is 1. The lowest BCUT2D eigenvalue weighted by Crippen LogP contribution is -2.54. The summed E-state index contributed by atoms with van der Waals surface area (Å²) in [7, 11) is 1.41. The van der Waals surface area contributed by atoms with E-state index in [9.17, 15) is 19.1 Å². The Labute approximate surface area is 153 Å². The summed E-state index contributed by atoms with van der Waals surface area (Å²) in [5.41, 5.74) is 0.575. The van der Waals surface area contributed by atoms with Crippen molar-refractivity contribution in [1.82, 2.24) is 5.32 Å². The number of hydrogen-bond acceptors (Lipinski definition) is 5. The first-order chi connectivity index (χ1) is 12.4. The zero-order valence-electron chi connectivity index (χ0n) is 13.5. The second kappa shape index (κ2) is 6.93. The van der Waals surface area contributed by atoms with E-state index in [-0.39, 0.29) is 22.2 Å². The maximum atomic E-state index is 13.1. The summed E-state index contributed by atoms with van der Waals surface area (Å²) in [6, 6.07) is 9.60. The molecule has 0 bridgehead atoms. The number of carbonyl (C=O) groups excluding carboxylic acids is 2. The molecule has 26 heavy (non-hydrogen) atoms. The molecule has 0 spiro atoms. The minimum absolute atomic E-state index is 0.0960. The summed E-state index contributed by atoms with van der Waals surface area (Å²) in [5.74, 6) is -1.64. The van der Waals surface area contributed by atoms with E-state index in [0.29, 0.717) is 11.3 Å². The molecule has 0 atom stereocenters.